The van der Waals surface area contributed by atoms with E-state index in [4.69, 9.17) is 17.0 Å². The molecule has 146 valence electrons. The summed E-state index contributed by atoms with van der Waals surface area (Å²) >= 11 is 6.74. The monoisotopic (exact) mass is 413 g/mol. The van der Waals surface area contributed by atoms with Gasteiger partial charge in [0.1, 0.15) is 5.75 Å². The molecule has 1 aromatic heterocycles. The third kappa shape index (κ3) is 5.50. The van der Waals surface area contributed by atoms with Crippen molar-refractivity contribution >= 4 is 49.9 Å². The Bertz CT molecular complexity index is 985. The summed E-state index contributed by atoms with van der Waals surface area (Å²) in [7, 11) is 0. The van der Waals surface area contributed by atoms with Crippen LogP contribution in [-0.4, -0.2) is 22.6 Å². The standard InChI is InChI=1S/C21H23N3O2S2/c1-3-4-8-15-10-11-16-18(12-15)28-21(22-16)24-20(27)23-19(25)13-26-17-9-6-5-7-14(17)2/h5-7,9-12H,3-4,8,13H2,1-2H3,(H2,22,23,24,25,27). The van der Waals surface area contributed by atoms with Gasteiger partial charge in [-0.3, -0.25) is 10.1 Å². The number of benzene rings is 2. The Balaban J connectivity index is 1.53. The summed E-state index contributed by atoms with van der Waals surface area (Å²) < 4.78 is 6.64. The summed E-state index contributed by atoms with van der Waals surface area (Å²) in [6.45, 7) is 4.02. The molecule has 1 heterocycles. The Labute approximate surface area is 174 Å². The highest BCUT2D eigenvalue weighted by atomic mass is 32.1. The number of thiazole rings is 1. The first-order valence-electron chi connectivity index (χ1n) is 9.24. The maximum atomic E-state index is 12.1. The largest absolute Gasteiger partial charge is 0.483 e. The quantitative estimate of drug-likeness (QED) is 0.543. The van der Waals surface area contributed by atoms with E-state index in [1.165, 1.54) is 29.7 Å². The number of carbonyl (C=O) groups excluding carboxylic acids is 1. The first-order chi connectivity index (χ1) is 13.5. The minimum atomic E-state index is -0.316. The molecule has 0 atom stereocenters. The number of hydrogen-bond donors (Lipinski definition) is 2. The lowest BCUT2D eigenvalue weighted by Gasteiger charge is -2.10. The van der Waals surface area contributed by atoms with Crippen LogP contribution in [0.3, 0.4) is 0 Å². The summed E-state index contributed by atoms with van der Waals surface area (Å²) in [5, 5.41) is 6.48. The van der Waals surface area contributed by atoms with Crippen molar-refractivity contribution in [3.8, 4) is 5.75 Å². The van der Waals surface area contributed by atoms with Crippen LogP contribution in [0.4, 0.5) is 5.13 Å². The minimum Gasteiger partial charge on any atom is -0.483 e. The van der Waals surface area contributed by atoms with Gasteiger partial charge < -0.3 is 10.1 Å². The van der Waals surface area contributed by atoms with Crippen LogP contribution in [0.1, 0.15) is 30.9 Å². The summed E-state index contributed by atoms with van der Waals surface area (Å²) in [6, 6.07) is 13.9. The number of amides is 1. The van der Waals surface area contributed by atoms with E-state index in [9.17, 15) is 4.79 Å². The molecule has 0 spiro atoms. The number of rotatable bonds is 7. The fraction of sp³-hybridized carbons (Fsp3) is 0.286. The first-order valence-corrected chi connectivity index (χ1v) is 10.5. The van der Waals surface area contributed by atoms with Crippen molar-refractivity contribution in [2.24, 2.45) is 0 Å². The molecule has 0 aliphatic carbocycles. The van der Waals surface area contributed by atoms with Gasteiger partial charge in [0.2, 0.25) is 0 Å². The smallest absolute Gasteiger partial charge is 0.264 e. The third-order valence-electron chi connectivity index (χ3n) is 4.20. The van der Waals surface area contributed by atoms with Gasteiger partial charge in [-0.15, -0.1) is 0 Å². The number of nitrogens with zero attached hydrogens (tertiary/aromatic N) is 1. The van der Waals surface area contributed by atoms with Gasteiger partial charge in [0.25, 0.3) is 5.91 Å². The van der Waals surface area contributed by atoms with Gasteiger partial charge in [-0.25, -0.2) is 4.98 Å². The van der Waals surface area contributed by atoms with Gasteiger partial charge in [0.05, 0.1) is 10.2 Å². The average molecular weight is 414 g/mol. The Hall–Kier alpha value is -2.51. The van der Waals surface area contributed by atoms with E-state index in [0.29, 0.717) is 10.9 Å². The molecular weight excluding hydrogens is 390 g/mol. The average Bonchev–Trinajstić information content (AvgIpc) is 3.06. The predicted molar refractivity (Wildman–Crippen MR) is 119 cm³/mol. The number of anilines is 1. The molecule has 0 saturated heterocycles. The van der Waals surface area contributed by atoms with Crippen LogP contribution in [-0.2, 0) is 11.2 Å². The molecule has 0 fully saturated rings. The van der Waals surface area contributed by atoms with Gasteiger partial charge in [0.15, 0.2) is 16.9 Å². The molecule has 0 aliphatic heterocycles. The predicted octanol–water partition coefficient (Wildman–Crippen LogP) is 4.84. The molecule has 3 rings (SSSR count). The highest BCUT2D eigenvalue weighted by Crippen LogP contribution is 2.27. The highest BCUT2D eigenvalue weighted by Gasteiger charge is 2.10. The van der Waals surface area contributed by atoms with Crippen molar-refractivity contribution in [1.82, 2.24) is 10.3 Å². The Morgan fingerprint density at radius 1 is 1.25 bits per heavy atom. The molecular formula is C21H23N3O2S2. The second kappa shape index (κ2) is 9.61. The normalized spacial score (nSPS) is 10.6. The minimum absolute atomic E-state index is 0.104. The van der Waals surface area contributed by atoms with Crippen molar-refractivity contribution in [2.45, 2.75) is 33.1 Å². The second-order valence-electron chi connectivity index (χ2n) is 6.48. The summed E-state index contributed by atoms with van der Waals surface area (Å²) in [5.74, 6) is 0.366. The number of ether oxygens (including phenoxy) is 1. The van der Waals surface area contributed by atoms with E-state index in [0.717, 1.165) is 22.2 Å². The van der Waals surface area contributed by atoms with E-state index in [1.807, 2.05) is 37.3 Å². The maximum Gasteiger partial charge on any atom is 0.264 e. The molecule has 5 nitrogen and oxygen atoms in total. The number of thiocarbonyl (C=S) groups is 1. The zero-order valence-electron chi connectivity index (χ0n) is 16.0. The molecule has 2 N–H and O–H groups in total. The molecule has 2 aromatic carbocycles. The van der Waals surface area contributed by atoms with Crippen LogP contribution >= 0.6 is 23.6 Å². The SMILES string of the molecule is CCCCc1ccc2nc(NC(=S)NC(=O)COc3ccccc3C)sc2c1. The van der Waals surface area contributed by atoms with Crippen LogP contribution in [0.15, 0.2) is 42.5 Å². The third-order valence-corrected chi connectivity index (χ3v) is 5.34. The molecule has 7 heteroatoms. The maximum absolute atomic E-state index is 12.1. The number of aromatic nitrogens is 1. The lowest BCUT2D eigenvalue weighted by atomic mass is 10.1. The zero-order valence-corrected chi connectivity index (χ0v) is 17.6. The van der Waals surface area contributed by atoms with Crippen LogP contribution in [0.5, 0.6) is 5.75 Å². The van der Waals surface area contributed by atoms with E-state index in [1.54, 1.807) is 0 Å². The Morgan fingerprint density at radius 2 is 2.07 bits per heavy atom. The summed E-state index contributed by atoms with van der Waals surface area (Å²) in [6.07, 6.45) is 3.42. The number of fused-ring (bicyclic) bond motifs is 1. The van der Waals surface area contributed by atoms with Crippen LogP contribution in [0.25, 0.3) is 10.2 Å². The molecule has 0 bridgehead atoms. The van der Waals surface area contributed by atoms with Crippen molar-refractivity contribution in [3.63, 3.8) is 0 Å². The summed E-state index contributed by atoms with van der Waals surface area (Å²) in [4.78, 5) is 16.6. The molecule has 0 saturated carbocycles. The number of carbonyl (C=O) groups is 1. The fourth-order valence-electron chi connectivity index (χ4n) is 2.71. The van der Waals surface area contributed by atoms with Gasteiger partial charge in [-0.1, -0.05) is 48.9 Å². The molecule has 0 unspecified atom stereocenters. The number of aryl methyl sites for hydroxylation is 2. The van der Waals surface area contributed by atoms with Crippen molar-refractivity contribution in [3.05, 3.63) is 53.6 Å². The van der Waals surface area contributed by atoms with Gasteiger partial charge >= 0.3 is 0 Å². The Kier molecular flexibility index (Phi) is 6.95. The van der Waals surface area contributed by atoms with Gasteiger partial charge in [0, 0.05) is 0 Å². The van der Waals surface area contributed by atoms with Crippen LogP contribution < -0.4 is 15.4 Å². The fourth-order valence-corrected chi connectivity index (χ4v) is 3.92. The molecule has 0 aliphatic rings. The first kappa shape index (κ1) is 20.2. The van der Waals surface area contributed by atoms with E-state index in [-0.39, 0.29) is 17.6 Å². The molecule has 1 amide bonds. The second-order valence-corrected chi connectivity index (χ2v) is 7.92. The van der Waals surface area contributed by atoms with E-state index >= 15 is 0 Å². The number of para-hydroxylation sites is 1. The lowest BCUT2D eigenvalue weighted by Crippen LogP contribution is -2.37. The lowest BCUT2D eigenvalue weighted by molar-refractivity contribution is -0.121. The van der Waals surface area contributed by atoms with Crippen molar-refractivity contribution < 1.29 is 9.53 Å². The van der Waals surface area contributed by atoms with E-state index < -0.39 is 0 Å². The van der Waals surface area contributed by atoms with Crippen LogP contribution in [0.2, 0.25) is 0 Å². The number of nitrogens with one attached hydrogen (secondary N) is 2. The number of hydrogen-bond acceptors (Lipinski definition) is 5. The Morgan fingerprint density at radius 3 is 2.86 bits per heavy atom. The van der Waals surface area contributed by atoms with Gasteiger partial charge in [-0.2, -0.15) is 0 Å². The molecule has 0 radical (unpaired) electrons. The van der Waals surface area contributed by atoms with Crippen molar-refractivity contribution in [1.29, 1.82) is 0 Å². The summed E-state index contributed by atoms with van der Waals surface area (Å²) in [5.41, 5.74) is 3.21. The molecule has 28 heavy (non-hydrogen) atoms. The number of unbranched alkanes of at least 4 members (excludes halogenated alkanes) is 1. The zero-order chi connectivity index (χ0) is 19.9. The topological polar surface area (TPSA) is 63.2 Å². The highest BCUT2D eigenvalue weighted by molar-refractivity contribution is 7.80. The molecule has 3 aromatic rings. The van der Waals surface area contributed by atoms with Crippen molar-refractivity contribution in [2.75, 3.05) is 11.9 Å². The van der Waals surface area contributed by atoms with Gasteiger partial charge in [-0.05, 0) is 61.3 Å². The van der Waals surface area contributed by atoms with Crippen LogP contribution in [0, 0.1) is 6.92 Å². The van der Waals surface area contributed by atoms with E-state index in [2.05, 4.69) is 34.7 Å².